The number of carbonyl (C=O) groups excluding carboxylic acids is 1. The number of aldehydes is 1. The summed E-state index contributed by atoms with van der Waals surface area (Å²) in [6.45, 7) is 1.29. The number of pyridine rings is 1. The summed E-state index contributed by atoms with van der Waals surface area (Å²) in [5.74, 6) is -0.237. The van der Waals surface area contributed by atoms with E-state index in [1.165, 1.54) is 6.20 Å². The van der Waals surface area contributed by atoms with E-state index in [2.05, 4.69) is 9.51 Å². The summed E-state index contributed by atoms with van der Waals surface area (Å²) in [4.78, 5) is 22.9. The summed E-state index contributed by atoms with van der Waals surface area (Å²) in [7, 11) is -2.73. The molecule has 0 aliphatic heterocycles. The largest absolute Gasteiger partial charge is 0.695 e. The van der Waals surface area contributed by atoms with E-state index >= 15 is 0 Å². The molecule has 1 aromatic heterocycles. The van der Waals surface area contributed by atoms with Gasteiger partial charge in [-0.15, -0.1) is 9.42 Å². The van der Waals surface area contributed by atoms with Crippen LogP contribution in [0.4, 0.5) is 0 Å². The molecule has 1 unspecified atom stereocenters. The van der Waals surface area contributed by atoms with E-state index in [1.807, 2.05) is 0 Å². The molecule has 0 aromatic carbocycles. The van der Waals surface area contributed by atoms with Gasteiger partial charge in [-0.1, -0.05) is 0 Å². The van der Waals surface area contributed by atoms with Gasteiger partial charge in [0, 0.05) is 16.3 Å². The van der Waals surface area contributed by atoms with Crippen LogP contribution in [0.1, 0.15) is 21.6 Å². The van der Waals surface area contributed by atoms with Crippen molar-refractivity contribution in [3.63, 3.8) is 0 Å². The summed E-state index contributed by atoms with van der Waals surface area (Å²) in [6, 6.07) is 0. The van der Waals surface area contributed by atoms with Gasteiger partial charge in [-0.3, -0.25) is 9.78 Å². The third-order valence-electron chi connectivity index (χ3n) is 1.81. The van der Waals surface area contributed by atoms with Crippen molar-refractivity contribution >= 4 is 14.5 Å². The molecule has 0 aliphatic carbocycles. The van der Waals surface area contributed by atoms with Crippen LogP contribution in [-0.2, 0) is 15.7 Å². The normalized spacial score (nSPS) is 11.2. The first-order chi connectivity index (χ1) is 7.06. The fourth-order valence-electron chi connectivity index (χ4n) is 1.02. The van der Waals surface area contributed by atoms with Crippen LogP contribution in [0.25, 0.3) is 0 Å². The zero-order valence-corrected chi connectivity index (χ0v) is 8.77. The van der Waals surface area contributed by atoms with Gasteiger partial charge in [0.15, 0.2) is 6.29 Å². The topological polar surface area (TPSA) is 96.7 Å². The molecule has 0 radical (unpaired) electrons. The number of hydrogen-bond donors (Lipinski definition) is 2. The van der Waals surface area contributed by atoms with Crippen molar-refractivity contribution in [3.05, 3.63) is 23.0 Å². The number of aryl methyl sites for hydroxylation is 1. The lowest BCUT2D eigenvalue weighted by Gasteiger charge is -2.04. The van der Waals surface area contributed by atoms with Crippen molar-refractivity contribution in [2.45, 2.75) is 13.5 Å². The zero-order valence-electron chi connectivity index (χ0n) is 7.88. The molecular formula is C8H9NO5P+. The second kappa shape index (κ2) is 4.93. The summed E-state index contributed by atoms with van der Waals surface area (Å²) in [6.07, 6.45) is 1.77. The molecule has 1 aromatic rings. The van der Waals surface area contributed by atoms with E-state index in [0.717, 1.165) is 0 Å². The first-order valence-corrected chi connectivity index (χ1v) is 5.11. The van der Waals surface area contributed by atoms with Crippen LogP contribution in [0.5, 0.6) is 5.75 Å². The second-order valence-electron chi connectivity index (χ2n) is 2.76. The first-order valence-electron chi connectivity index (χ1n) is 3.98. The monoisotopic (exact) mass is 230 g/mol. The Morgan fingerprint density at radius 3 is 2.87 bits per heavy atom. The quantitative estimate of drug-likeness (QED) is 0.593. The van der Waals surface area contributed by atoms with E-state index in [0.29, 0.717) is 12.0 Å². The smallest absolute Gasteiger partial charge is 0.505 e. The number of aromatic hydroxyl groups is 1. The minimum atomic E-state index is -2.73. The highest BCUT2D eigenvalue weighted by atomic mass is 31.1. The Hall–Kier alpha value is -1.36. The average molecular weight is 230 g/mol. The number of rotatable bonds is 4. The lowest BCUT2D eigenvalue weighted by Crippen LogP contribution is -1.98. The molecule has 1 atom stereocenters. The number of aromatic nitrogens is 1. The highest BCUT2D eigenvalue weighted by molar-refractivity contribution is 7.32. The molecule has 0 fully saturated rings. The molecule has 0 saturated heterocycles. The molecule has 2 N–H and O–H groups in total. The van der Waals surface area contributed by atoms with Crippen LogP contribution in [0.15, 0.2) is 6.20 Å². The summed E-state index contributed by atoms with van der Waals surface area (Å²) in [5.41, 5.74) is 0.610. The van der Waals surface area contributed by atoms with Gasteiger partial charge in [-0.2, -0.15) is 0 Å². The minimum absolute atomic E-state index is 0.0272. The van der Waals surface area contributed by atoms with Crippen molar-refractivity contribution in [2.24, 2.45) is 0 Å². The molecule has 0 amide bonds. The van der Waals surface area contributed by atoms with Gasteiger partial charge in [0.1, 0.15) is 12.4 Å². The third-order valence-corrected chi connectivity index (χ3v) is 2.16. The van der Waals surface area contributed by atoms with E-state index in [1.54, 1.807) is 6.92 Å². The maximum absolute atomic E-state index is 10.7. The second-order valence-corrected chi connectivity index (χ2v) is 3.49. The molecule has 0 spiro atoms. The molecule has 80 valence electrons. The average Bonchev–Trinajstić information content (AvgIpc) is 2.19. The molecule has 0 aliphatic rings. The SMILES string of the molecule is Cc1ncc(CO[P+](=O)O)c(C=O)c1O. The Kier molecular flexibility index (Phi) is 3.85. The number of nitrogens with zero attached hydrogens (tertiary/aromatic N) is 1. The van der Waals surface area contributed by atoms with Crippen LogP contribution in [0, 0.1) is 6.92 Å². The minimum Gasteiger partial charge on any atom is -0.505 e. The Bertz CT molecular complexity index is 406. The molecule has 1 heterocycles. The highest BCUT2D eigenvalue weighted by Crippen LogP contribution is 2.25. The van der Waals surface area contributed by atoms with Gasteiger partial charge in [0.05, 0.1) is 11.3 Å². The van der Waals surface area contributed by atoms with Gasteiger partial charge < -0.3 is 5.11 Å². The Labute approximate surface area is 86.5 Å². The van der Waals surface area contributed by atoms with Crippen molar-refractivity contribution < 1.29 is 23.9 Å². The van der Waals surface area contributed by atoms with Crippen LogP contribution in [0.2, 0.25) is 0 Å². The van der Waals surface area contributed by atoms with E-state index in [4.69, 9.17) is 4.89 Å². The lowest BCUT2D eigenvalue weighted by atomic mass is 10.1. The molecule has 6 nitrogen and oxygen atoms in total. The Balaban J connectivity index is 3.02. The fourth-order valence-corrected chi connectivity index (χ4v) is 1.27. The molecular weight excluding hydrogens is 221 g/mol. The summed E-state index contributed by atoms with van der Waals surface area (Å²) >= 11 is 0. The predicted molar refractivity (Wildman–Crippen MR) is 50.6 cm³/mol. The van der Waals surface area contributed by atoms with Gasteiger partial charge in [-0.05, 0) is 6.92 Å². The van der Waals surface area contributed by atoms with Gasteiger partial charge >= 0.3 is 8.25 Å². The van der Waals surface area contributed by atoms with Crippen LogP contribution < -0.4 is 0 Å². The molecule has 1 rings (SSSR count). The van der Waals surface area contributed by atoms with Crippen molar-refractivity contribution in [2.75, 3.05) is 0 Å². The van der Waals surface area contributed by atoms with E-state index in [9.17, 15) is 14.5 Å². The van der Waals surface area contributed by atoms with Gasteiger partial charge in [0.25, 0.3) is 0 Å². The summed E-state index contributed by atoms with van der Waals surface area (Å²) in [5, 5.41) is 9.46. The lowest BCUT2D eigenvalue weighted by molar-refractivity contribution is 0.111. The van der Waals surface area contributed by atoms with E-state index < -0.39 is 8.25 Å². The van der Waals surface area contributed by atoms with Crippen molar-refractivity contribution in [1.29, 1.82) is 0 Å². The van der Waals surface area contributed by atoms with Crippen LogP contribution in [0.3, 0.4) is 0 Å². The molecule has 15 heavy (non-hydrogen) atoms. The molecule has 0 saturated carbocycles. The Morgan fingerprint density at radius 2 is 2.33 bits per heavy atom. The van der Waals surface area contributed by atoms with Gasteiger partial charge in [0.2, 0.25) is 0 Å². The summed E-state index contributed by atoms with van der Waals surface area (Å²) < 4.78 is 14.7. The van der Waals surface area contributed by atoms with Gasteiger partial charge in [-0.25, -0.2) is 0 Å². The van der Waals surface area contributed by atoms with Crippen LogP contribution >= 0.6 is 8.25 Å². The zero-order chi connectivity index (χ0) is 11.4. The maximum Gasteiger partial charge on any atom is 0.695 e. The van der Waals surface area contributed by atoms with Crippen molar-refractivity contribution in [1.82, 2.24) is 4.98 Å². The third kappa shape index (κ3) is 2.79. The van der Waals surface area contributed by atoms with Crippen LogP contribution in [-0.4, -0.2) is 21.3 Å². The predicted octanol–water partition coefficient (Wildman–Crippen LogP) is 1.07. The number of carbonyl (C=O) groups is 1. The first kappa shape index (κ1) is 11.7. The number of hydrogen-bond acceptors (Lipinski definition) is 5. The molecule has 0 bridgehead atoms. The molecule has 7 heteroatoms. The standard InChI is InChI=1S/C8H8NO5P/c1-5-8(11)7(3-10)6(2-9-5)4-14-15(12)13/h2-3H,4H2,1H3,(H-,10,11,12,13)/p+1. The maximum atomic E-state index is 10.7. The van der Waals surface area contributed by atoms with E-state index in [-0.39, 0.29) is 23.5 Å². The van der Waals surface area contributed by atoms with Crippen molar-refractivity contribution in [3.8, 4) is 5.75 Å². The highest BCUT2D eigenvalue weighted by Gasteiger charge is 2.17. The Morgan fingerprint density at radius 1 is 1.67 bits per heavy atom. The fraction of sp³-hybridized carbons (Fsp3) is 0.250.